The van der Waals surface area contributed by atoms with Gasteiger partial charge >= 0.3 is 0 Å². The summed E-state index contributed by atoms with van der Waals surface area (Å²) >= 11 is 6.60. The Bertz CT molecular complexity index is 1240. The molecule has 0 radical (unpaired) electrons. The number of carbonyl (C=O) groups is 1. The fourth-order valence-corrected chi connectivity index (χ4v) is 5.17. The van der Waals surface area contributed by atoms with Crippen molar-refractivity contribution < 1.29 is 4.79 Å². The molecule has 1 aliphatic heterocycles. The predicted molar refractivity (Wildman–Crippen MR) is 137 cm³/mol. The van der Waals surface area contributed by atoms with Gasteiger partial charge in [0, 0.05) is 22.7 Å². The summed E-state index contributed by atoms with van der Waals surface area (Å²) in [5.74, 6) is 0.314. The van der Waals surface area contributed by atoms with E-state index in [0.717, 1.165) is 34.6 Å². The largest absolute Gasteiger partial charge is 0.372 e. The summed E-state index contributed by atoms with van der Waals surface area (Å²) in [6, 6.07) is 24.4. The first-order valence-corrected chi connectivity index (χ1v) is 11.9. The molecule has 168 valence electrons. The topological polar surface area (TPSA) is 41.1 Å². The molecule has 0 spiro atoms. The van der Waals surface area contributed by atoms with Crippen molar-refractivity contribution in [2.45, 2.75) is 51.0 Å². The van der Waals surface area contributed by atoms with Crippen molar-refractivity contribution in [3.63, 3.8) is 0 Å². The Morgan fingerprint density at radius 2 is 1.52 bits per heavy atom. The van der Waals surface area contributed by atoms with Crippen LogP contribution in [0, 0.1) is 0 Å². The van der Waals surface area contributed by atoms with E-state index in [-0.39, 0.29) is 23.2 Å². The number of ketones is 1. The van der Waals surface area contributed by atoms with Gasteiger partial charge in [-0.1, -0.05) is 87.0 Å². The third-order valence-electron chi connectivity index (χ3n) is 6.77. The molecule has 0 aromatic heterocycles. The van der Waals surface area contributed by atoms with Gasteiger partial charge in [0.05, 0.1) is 17.4 Å². The zero-order chi connectivity index (χ0) is 23.2. The predicted octanol–water partition coefficient (Wildman–Crippen LogP) is 7.62. The summed E-state index contributed by atoms with van der Waals surface area (Å²) < 4.78 is 0. The molecular weight excluding hydrogens is 428 g/mol. The molecular formula is C29H29ClN2O. The molecule has 33 heavy (non-hydrogen) atoms. The Hall–Kier alpha value is -3.04. The van der Waals surface area contributed by atoms with Crippen molar-refractivity contribution in [1.29, 1.82) is 0 Å². The first-order valence-electron chi connectivity index (χ1n) is 11.5. The number of nitrogens with one attached hydrogen (secondary N) is 2. The van der Waals surface area contributed by atoms with E-state index < -0.39 is 0 Å². The van der Waals surface area contributed by atoms with Crippen LogP contribution in [-0.2, 0) is 10.2 Å². The van der Waals surface area contributed by atoms with E-state index in [1.807, 2.05) is 48.5 Å². The van der Waals surface area contributed by atoms with Crippen molar-refractivity contribution in [1.82, 2.24) is 0 Å². The summed E-state index contributed by atoms with van der Waals surface area (Å²) in [4.78, 5) is 13.7. The highest BCUT2D eigenvalue weighted by Crippen LogP contribution is 2.45. The molecule has 0 amide bonds. The Morgan fingerprint density at radius 3 is 2.21 bits per heavy atom. The molecule has 3 aromatic rings. The van der Waals surface area contributed by atoms with Crippen molar-refractivity contribution in [3.8, 4) is 0 Å². The molecule has 0 saturated carbocycles. The van der Waals surface area contributed by atoms with Gasteiger partial charge in [-0.3, -0.25) is 4.79 Å². The molecule has 0 unspecified atom stereocenters. The minimum absolute atomic E-state index is 0.108. The van der Waals surface area contributed by atoms with Crippen LogP contribution < -0.4 is 10.6 Å². The number of halogens is 1. The van der Waals surface area contributed by atoms with Crippen LogP contribution in [0.5, 0.6) is 0 Å². The lowest BCUT2D eigenvalue weighted by Crippen LogP contribution is -2.27. The number of anilines is 2. The molecule has 4 heteroatoms. The number of benzene rings is 3. The van der Waals surface area contributed by atoms with Crippen LogP contribution in [0.15, 0.2) is 84.1 Å². The molecule has 5 rings (SSSR count). The molecule has 2 atom stereocenters. The molecule has 0 fully saturated rings. The normalized spacial score (nSPS) is 20.3. The van der Waals surface area contributed by atoms with E-state index in [0.29, 0.717) is 11.4 Å². The second-order valence-electron chi connectivity index (χ2n) is 10.1. The van der Waals surface area contributed by atoms with Crippen LogP contribution in [0.4, 0.5) is 11.4 Å². The molecule has 3 aromatic carbocycles. The van der Waals surface area contributed by atoms with E-state index in [1.165, 1.54) is 11.1 Å². The van der Waals surface area contributed by atoms with Crippen LogP contribution in [0.1, 0.15) is 62.3 Å². The van der Waals surface area contributed by atoms with Crippen LogP contribution in [0.2, 0.25) is 5.02 Å². The summed E-state index contributed by atoms with van der Waals surface area (Å²) in [6.45, 7) is 6.66. The third kappa shape index (κ3) is 4.18. The SMILES string of the molecule is CC(C)(C)c1ccc([C@H]2CC(=O)C3=C(C2)Nc2ccccc2N[C@H]3c2ccccc2Cl)cc1. The number of hydrogen-bond donors (Lipinski definition) is 2. The van der Waals surface area contributed by atoms with Crippen LogP contribution in [0.3, 0.4) is 0 Å². The number of fused-ring (bicyclic) bond motifs is 1. The molecule has 0 saturated heterocycles. The Labute approximate surface area is 200 Å². The average molecular weight is 457 g/mol. The van der Waals surface area contributed by atoms with Crippen LogP contribution >= 0.6 is 11.6 Å². The standard InChI is InChI=1S/C29H29ClN2O/c1-29(2,3)20-14-12-18(13-15-20)19-16-25-27(26(33)17-19)28(21-8-4-5-9-22(21)30)32-24-11-7-6-10-23(24)31-25/h4-15,19,28,31-32H,16-17H2,1-3H3/t19-,28+/m1/s1. The van der Waals surface area contributed by atoms with Gasteiger partial charge in [0.2, 0.25) is 0 Å². The van der Waals surface area contributed by atoms with Crippen molar-refractivity contribution in [2.75, 3.05) is 10.6 Å². The number of carbonyl (C=O) groups excluding carboxylic acids is 1. The van der Waals surface area contributed by atoms with E-state index in [9.17, 15) is 4.79 Å². The molecule has 2 N–H and O–H groups in total. The molecule has 2 aliphatic rings. The number of allylic oxidation sites excluding steroid dienone is 1. The maximum Gasteiger partial charge on any atom is 0.163 e. The Balaban J connectivity index is 1.56. The first kappa shape index (κ1) is 21.8. The van der Waals surface area contributed by atoms with Crippen molar-refractivity contribution >= 4 is 28.8 Å². The van der Waals surface area contributed by atoms with E-state index in [2.05, 4.69) is 55.7 Å². The van der Waals surface area contributed by atoms with Crippen LogP contribution in [-0.4, -0.2) is 5.78 Å². The summed E-state index contributed by atoms with van der Waals surface area (Å²) in [5.41, 5.74) is 7.28. The van der Waals surface area contributed by atoms with Gasteiger partial charge in [0.25, 0.3) is 0 Å². The third-order valence-corrected chi connectivity index (χ3v) is 7.12. The second-order valence-corrected chi connectivity index (χ2v) is 10.5. The van der Waals surface area contributed by atoms with Gasteiger partial charge in [0.1, 0.15) is 0 Å². The van der Waals surface area contributed by atoms with Gasteiger partial charge in [-0.25, -0.2) is 0 Å². The lowest BCUT2D eigenvalue weighted by atomic mass is 9.77. The lowest BCUT2D eigenvalue weighted by Gasteiger charge is -2.30. The smallest absolute Gasteiger partial charge is 0.163 e. The van der Waals surface area contributed by atoms with Gasteiger partial charge in [0.15, 0.2) is 5.78 Å². The summed E-state index contributed by atoms with van der Waals surface area (Å²) in [6.07, 6.45) is 1.28. The Kier molecular flexibility index (Phi) is 5.54. The fraction of sp³-hybridized carbons (Fsp3) is 0.276. The quantitative estimate of drug-likeness (QED) is 0.416. The van der Waals surface area contributed by atoms with Crippen molar-refractivity contribution in [3.05, 3.63) is 106 Å². The molecule has 0 bridgehead atoms. The molecule has 3 nitrogen and oxygen atoms in total. The van der Waals surface area contributed by atoms with Crippen LogP contribution in [0.25, 0.3) is 0 Å². The number of hydrogen-bond acceptors (Lipinski definition) is 3. The molecule has 1 heterocycles. The second kappa shape index (κ2) is 8.39. The van der Waals surface area contributed by atoms with E-state index in [4.69, 9.17) is 11.6 Å². The van der Waals surface area contributed by atoms with Crippen molar-refractivity contribution in [2.24, 2.45) is 0 Å². The fourth-order valence-electron chi connectivity index (χ4n) is 4.93. The maximum absolute atomic E-state index is 13.7. The number of rotatable bonds is 2. The highest BCUT2D eigenvalue weighted by atomic mass is 35.5. The van der Waals surface area contributed by atoms with Gasteiger partial charge < -0.3 is 10.6 Å². The maximum atomic E-state index is 13.7. The lowest BCUT2D eigenvalue weighted by molar-refractivity contribution is -0.116. The number of para-hydroxylation sites is 2. The van der Waals surface area contributed by atoms with Gasteiger partial charge in [-0.05, 0) is 52.6 Å². The highest BCUT2D eigenvalue weighted by Gasteiger charge is 2.36. The minimum Gasteiger partial charge on any atom is -0.372 e. The molecule has 1 aliphatic carbocycles. The number of Topliss-reactive ketones (excluding diaryl/α,β-unsaturated/α-hetero) is 1. The monoisotopic (exact) mass is 456 g/mol. The zero-order valence-electron chi connectivity index (χ0n) is 19.3. The van der Waals surface area contributed by atoms with E-state index >= 15 is 0 Å². The van der Waals surface area contributed by atoms with E-state index in [1.54, 1.807) is 0 Å². The summed E-state index contributed by atoms with van der Waals surface area (Å²) in [7, 11) is 0. The highest BCUT2D eigenvalue weighted by molar-refractivity contribution is 6.31. The minimum atomic E-state index is -0.290. The average Bonchev–Trinajstić information content (AvgIpc) is 2.95. The van der Waals surface area contributed by atoms with Gasteiger partial charge in [-0.15, -0.1) is 0 Å². The van der Waals surface area contributed by atoms with Gasteiger partial charge in [-0.2, -0.15) is 0 Å². The first-order chi connectivity index (χ1) is 15.8. The Morgan fingerprint density at radius 1 is 0.848 bits per heavy atom. The zero-order valence-corrected chi connectivity index (χ0v) is 20.0. The summed E-state index contributed by atoms with van der Waals surface area (Å²) in [5, 5.41) is 7.86.